The van der Waals surface area contributed by atoms with E-state index in [1.807, 2.05) is 0 Å². The molecule has 1 aromatic rings. The molecule has 0 amide bonds. The van der Waals surface area contributed by atoms with Crippen LogP contribution in [-0.2, 0) is 6.42 Å². The second-order valence-corrected chi connectivity index (χ2v) is 6.04. The van der Waals surface area contributed by atoms with E-state index in [0.717, 1.165) is 25.9 Å². The molecule has 0 heterocycles. The first kappa shape index (κ1) is 14.3. The lowest BCUT2D eigenvalue weighted by molar-refractivity contribution is 0.570. The van der Waals surface area contributed by atoms with Crippen molar-refractivity contribution in [1.82, 2.24) is 5.32 Å². The van der Waals surface area contributed by atoms with Crippen LogP contribution in [-0.4, -0.2) is 13.1 Å². The van der Waals surface area contributed by atoms with Crippen LogP contribution in [0.2, 0.25) is 0 Å². The Bertz CT molecular complexity index is 449. The SMILES string of the molecule is C=C(CNCC(C)C)c1ccc2c(c1)CCCC2N. The topological polar surface area (TPSA) is 38.0 Å². The van der Waals surface area contributed by atoms with Gasteiger partial charge in [0, 0.05) is 12.6 Å². The van der Waals surface area contributed by atoms with Crippen LogP contribution in [0.5, 0.6) is 0 Å². The van der Waals surface area contributed by atoms with Gasteiger partial charge in [-0.2, -0.15) is 0 Å². The Hall–Kier alpha value is -1.12. The van der Waals surface area contributed by atoms with Gasteiger partial charge in [-0.1, -0.05) is 38.6 Å². The molecule has 0 spiro atoms. The van der Waals surface area contributed by atoms with Crippen LogP contribution in [0.3, 0.4) is 0 Å². The summed E-state index contributed by atoms with van der Waals surface area (Å²) >= 11 is 0. The van der Waals surface area contributed by atoms with Crippen LogP contribution in [0.25, 0.3) is 5.57 Å². The van der Waals surface area contributed by atoms with Crippen molar-refractivity contribution in [1.29, 1.82) is 0 Å². The number of rotatable bonds is 5. The number of fused-ring (bicyclic) bond motifs is 1. The van der Waals surface area contributed by atoms with Crippen molar-refractivity contribution >= 4 is 5.57 Å². The minimum absolute atomic E-state index is 0.227. The molecule has 0 aromatic heterocycles. The molecule has 1 aromatic carbocycles. The second-order valence-electron chi connectivity index (χ2n) is 6.04. The van der Waals surface area contributed by atoms with E-state index < -0.39 is 0 Å². The van der Waals surface area contributed by atoms with E-state index in [4.69, 9.17) is 5.73 Å². The van der Waals surface area contributed by atoms with Crippen molar-refractivity contribution in [2.24, 2.45) is 11.7 Å². The second kappa shape index (κ2) is 6.36. The fraction of sp³-hybridized carbons (Fsp3) is 0.529. The molecular formula is C17H26N2. The standard InChI is InChI=1S/C17H26N2/c1-12(2)10-19-11-13(3)14-7-8-16-15(9-14)5-4-6-17(16)18/h7-9,12,17,19H,3-6,10-11,18H2,1-2H3. The molecule has 0 fully saturated rings. The van der Waals surface area contributed by atoms with Crippen molar-refractivity contribution in [3.05, 3.63) is 41.5 Å². The molecule has 3 N–H and O–H groups in total. The number of nitrogens with one attached hydrogen (secondary N) is 1. The summed E-state index contributed by atoms with van der Waals surface area (Å²) in [5.41, 5.74) is 11.3. The zero-order chi connectivity index (χ0) is 13.8. The fourth-order valence-electron chi connectivity index (χ4n) is 2.69. The van der Waals surface area contributed by atoms with Crippen molar-refractivity contribution in [2.45, 2.75) is 39.2 Å². The van der Waals surface area contributed by atoms with Crippen LogP contribution in [0, 0.1) is 5.92 Å². The molecule has 0 aliphatic heterocycles. The van der Waals surface area contributed by atoms with E-state index in [2.05, 4.69) is 43.9 Å². The third-order valence-electron chi connectivity index (χ3n) is 3.80. The molecule has 1 unspecified atom stereocenters. The highest BCUT2D eigenvalue weighted by Crippen LogP contribution is 2.29. The first-order chi connectivity index (χ1) is 9.08. The normalized spacial score (nSPS) is 18.4. The summed E-state index contributed by atoms with van der Waals surface area (Å²) in [6.45, 7) is 10.5. The molecule has 1 atom stereocenters. The largest absolute Gasteiger partial charge is 0.324 e. The minimum Gasteiger partial charge on any atom is -0.324 e. The highest BCUT2D eigenvalue weighted by molar-refractivity contribution is 5.66. The molecule has 104 valence electrons. The number of benzene rings is 1. The molecule has 0 saturated heterocycles. The third-order valence-corrected chi connectivity index (χ3v) is 3.80. The maximum atomic E-state index is 6.15. The number of hydrogen-bond acceptors (Lipinski definition) is 2. The lowest BCUT2D eigenvalue weighted by atomic mass is 9.86. The molecule has 2 rings (SSSR count). The Labute approximate surface area is 117 Å². The monoisotopic (exact) mass is 258 g/mol. The highest BCUT2D eigenvalue weighted by atomic mass is 14.9. The van der Waals surface area contributed by atoms with Crippen LogP contribution in [0.1, 0.15) is 49.4 Å². The van der Waals surface area contributed by atoms with Crippen LogP contribution < -0.4 is 11.1 Å². The van der Waals surface area contributed by atoms with Gasteiger partial charge in [-0.3, -0.25) is 0 Å². The summed E-state index contributed by atoms with van der Waals surface area (Å²) < 4.78 is 0. The molecule has 0 saturated carbocycles. The van der Waals surface area contributed by atoms with E-state index in [-0.39, 0.29) is 6.04 Å². The molecule has 2 heteroatoms. The van der Waals surface area contributed by atoms with Gasteiger partial charge in [0.25, 0.3) is 0 Å². The Morgan fingerprint density at radius 2 is 2.26 bits per heavy atom. The lowest BCUT2D eigenvalue weighted by Gasteiger charge is -2.23. The van der Waals surface area contributed by atoms with Gasteiger partial charge in [-0.05, 0) is 54.0 Å². The Kier molecular flexibility index (Phi) is 4.78. The predicted octanol–water partition coefficient (Wildman–Crippen LogP) is 3.28. The molecule has 0 radical (unpaired) electrons. The molecule has 2 nitrogen and oxygen atoms in total. The van der Waals surface area contributed by atoms with Gasteiger partial charge in [0.2, 0.25) is 0 Å². The maximum absolute atomic E-state index is 6.15. The lowest BCUT2D eigenvalue weighted by Crippen LogP contribution is -2.21. The van der Waals surface area contributed by atoms with E-state index in [9.17, 15) is 0 Å². The van der Waals surface area contributed by atoms with Crippen LogP contribution in [0.15, 0.2) is 24.8 Å². The Morgan fingerprint density at radius 1 is 1.47 bits per heavy atom. The van der Waals surface area contributed by atoms with Gasteiger partial charge in [0.05, 0.1) is 0 Å². The van der Waals surface area contributed by atoms with Gasteiger partial charge in [0.1, 0.15) is 0 Å². The quantitative estimate of drug-likeness (QED) is 0.850. The van der Waals surface area contributed by atoms with Gasteiger partial charge >= 0.3 is 0 Å². The first-order valence-electron chi connectivity index (χ1n) is 7.35. The maximum Gasteiger partial charge on any atom is 0.0297 e. The number of nitrogens with two attached hydrogens (primary N) is 1. The Balaban J connectivity index is 2.03. The predicted molar refractivity (Wildman–Crippen MR) is 83.1 cm³/mol. The average molecular weight is 258 g/mol. The molecule has 0 bridgehead atoms. The zero-order valence-corrected chi connectivity index (χ0v) is 12.2. The highest BCUT2D eigenvalue weighted by Gasteiger charge is 2.17. The summed E-state index contributed by atoms with van der Waals surface area (Å²) in [4.78, 5) is 0. The third kappa shape index (κ3) is 3.68. The first-order valence-corrected chi connectivity index (χ1v) is 7.35. The van der Waals surface area contributed by atoms with Crippen LogP contribution in [0.4, 0.5) is 0 Å². The number of aryl methyl sites for hydroxylation is 1. The summed E-state index contributed by atoms with van der Waals surface area (Å²) in [5, 5.41) is 3.45. The molecule has 19 heavy (non-hydrogen) atoms. The molecular weight excluding hydrogens is 232 g/mol. The molecule has 1 aliphatic rings. The van der Waals surface area contributed by atoms with Crippen molar-refractivity contribution in [3.8, 4) is 0 Å². The smallest absolute Gasteiger partial charge is 0.0297 e. The number of hydrogen-bond donors (Lipinski definition) is 2. The van der Waals surface area contributed by atoms with Crippen molar-refractivity contribution < 1.29 is 0 Å². The van der Waals surface area contributed by atoms with Crippen LogP contribution >= 0.6 is 0 Å². The van der Waals surface area contributed by atoms with Gasteiger partial charge in [-0.15, -0.1) is 0 Å². The zero-order valence-electron chi connectivity index (χ0n) is 12.2. The van der Waals surface area contributed by atoms with Gasteiger partial charge in [0.15, 0.2) is 0 Å². The van der Waals surface area contributed by atoms with E-state index in [0.29, 0.717) is 5.92 Å². The van der Waals surface area contributed by atoms with E-state index in [1.54, 1.807) is 0 Å². The fourth-order valence-corrected chi connectivity index (χ4v) is 2.69. The van der Waals surface area contributed by atoms with E-state index in [1.165, 1.54) is 28.7 Å². The summed E-state index contributed by atoms with van der Waals surface area (Å²) in [6, 6.07) is 6.88. The Morgan fingerprint density at radius 3 is 3.00 bits per heavy atom. The van der Waals surface area contributed by atoms with Crippen molar-refractivity contribution in [3.63, 3.8) is 0 Å². The summed E-state index contributed by atoms with van der Waals surface area (Å²) in [7, 11) is 0. The van der Waals surface area contributed by atoms with Gasteiger partial charge in [-0.25, -0.2) is 0 Å². The molecule has 1 aliphatic carbocycles. The van der Waals surface area contributed by atoms with Gasteiger partial charge < -0.3 is 11.1 Å². The average Bonchev–Trinajstić information content (AvgIpc) is 2.38. The summed E-state index contributed by atoms with van der Waals surface area (Å²) in [5.74, 6) is 0.675. The van der Waals surface area contributed by atoms with E-state index >= 15 is 0 Å². The van der Waals surface area contributed by atoms with Crippen molar-refractivity contribution in [2.75, 3.05) is 13.1 Å². The summed E-state index contributed by atoms with van der Waals surface area (Å²) in [6.07, 6.45) is 3.47. The minimum atomic E-state index is 0.227.